The summed E-state index contributed by atoms with van der Waals surface area (Å²) in [5.74, 6) is -0.687. The maximum absolute atomic E-state index is 13.7. The molecule has 33 heavy (non-hydrogen) atoms. The Hall–Kier alpha value is -3.98. The van der Waals surface area contributed by atoms with Crippen LogP contribution in [-0.2, 0) is 6.54 Å². The van der Waals surface area contributed by atoms with Gasteiger partial charge in [-0.25, -0.2) is 14.1 Å². The van der Waals surface area contributed by atoms with E-state index in [1.807, 2.05) is 30.5 Å². The molecule has 0 fully saturated rings. The van der Waals surface area contributed by atoms with Crippen LogP contribution in [-0.4, -0.2) is 32.0 Å². The van der Waals surface area contributed by atoms with Gasteiger partial charge in [0.2, 0.25) is 0 Å². The van der Waals surface area contributed by atoms with Gasteiger partial charge in [0.15, 0.2) is 5.65 Å². The highest BCUT2D eigenvalue weighted by Crippen LogP contribution is 2.23. The number of carbonyl (C=O) groups excluding carboxylic acids is 1. The van der Waals surface area contributed by atoms with Gasteiger partial charge < -0.3 is 5.32 Å². The highest BCUT2D eigenvalue weighted by molar-refractivity contribution is 7.98. The van der Waals surface area contributed by atoms with Crippen LogP contribution in [0.4, 0.5) is 4.39 Å². The molecule has 3 aromatic carbocycles. The molecule has 0 saturated carbocycles. The predicted octanol–water partition coefficient (Wildman–Crippen LogP) is 4.03. The van der Waals surface area contributed by atoms with Crippen molar-refractivity contribution in [1.29, 1.82) is 0 Å². The molecule has 0 aliphatic heterocycles. The minimum Gasteiger partial charge on any atom is -0.348 e. The van der Waals surface area contributed by atoms with Crippen molar-refractivity contribution in [3.8, 4) is 11.3 Å². The summed E-state index contributed by atoms with van der Waals surface area (Å²) in [6, 6.07) is 18.6. The molecule has 0 bridgehead atoms. The fraction of sp³-hybridized carbons (Fsp3) is 0.0833. The van der Waals surface area contributed by atoms with Crippen molar-refractivity contribution in [1.82, 2.24) is 25.1 Å². The highest BCUT2D eigenvalue weighted by atomic mass is 32.2. The van der Waals surface area contributed by atoms with Gasteiger partial charge in [-0.2, -0.15) is 10.1 Å². The van der Waals surface area contributed by atoms with Crippen LogP contribution in [0.2, 0.25) is 0 Å². The number of nitrogens with zero attached hydrogens (tertiary/aromatic N) is 3. The van der Waals surface area contributed by atoms with E-state index >= 15 is 0 Å². The van der Waals surface area contributed by atoms with E-state index in [0.29, 0.717) is 34.3 Å². The van der Waals surface area contributed by atoms with Crippen LogP contribution in [0.25, 0.3) is 27.8 Å². The topological polar surface area (TPSA) is 92.2 Å². The monoisotopic (exact) mass is 459 g/mol. The van der Waals surface area contributed by atoms with Gasteiger partial charge in [-0.1, -0.05) is 24.3 Å². The third kappa shape index (κ3) is 3.98. The van der Waals surface area contributed by atoms with Crippen LogP contribution in [0.15, 0.2) is 76.4 Å². The molecule has 1 amide bonds. The smallest absolute Gasteiger partial charge is 0.281 e. The zero-order valence-electron chi connectivity index (χ0n) is 17.5. The first-order chi connectivity index (χ1) is 16.0. The van der Waals surface area contributed by atoms with Gasteiger partial charge in [0, 0.05) is 22.6 Å². The molecule has 0 radical (unpaired) electrons. The van der Waals surface area contributed by atoms with Gasteiger partial charge in [-0.15, -0.1) is 11.8 Å². The Bertz CT molecular complexity index is 1560. The van der Waals surface area contributed by atoms with E-state index in [9.17, 15) is 14.0 Å². The number of aromatic nitrogens is 4. The summed E-state index contributed by atoms with van der Waals surface area (Å²) in [7, 11) is 0. The number of halogens is 1. The number of amides is 1. The fourth-order valence-corrected chi connectivity index (χ4v) is 4.03. The van der Waals surface area contributed by atoms with Gasteiger partial charge in [-0.3, -0.25) is 9.59 Å². The van der Waals surface area contributed by atoms with E-state index in [4.69, 9.17) is 0 Å². The molecule has 0 unspecified atom stereocenters. The number of rotatable bonds is 5. The number of aromatic amines is 1. The standard InChI is InChI=1S/C24H18FN5O2S/c1-33-18-8-5-14(6-9-18)13-26-23(31)16-7-10-19-20(12-16)30-22(27-24(19)32)21(28-29-30)15-3-2-4-17(25)11-15/h2-12,29H,13H2,1H3,(H,26,31). The van der Waals surface area contributed by atoms with Crippen molar-refractivity contribution in [2.75, 3.05) is 6.26 Å². The zero-order chi connectivity index (χ0) is 22.9. The molecule has 5 aromatic rings. The summed E-state index contributed by atoms with van der Waals surface area (Å²) < 4.78 is 15.2. The molecule has 2 N–H and O–H groups in total. The molecule has 164 valence electrons. The average molecular weight is 460 g/mol. The Morgan fingerprint density at radius 2 is 1.94 bits per heavy atom. The highest BCUT2D eigenvalue weighted by Gasteiger charge is 2.16. The summed E-state index contributed by atoms with van der Waals surface area (Å²) >= 11 is 1.66. The number of hydrogen-bond acceptors (Lipinski definition) is 5. The molecule has 9 heteroatoms. The molecule has 0 spiro atoms. The normalized spacial score (nSPS) is 11.2. The molecule has 7 nitrogen and oxygen atoms in total. The van der Waals surface area contributed by atoms with Gasteiger partial charge in [-0.05, 0) is 54.3 Å². The van der Waals surface area contributed by atoms with Crippen molar-refractivity contribution >= 4 is 34.2 Å². The minimum absolute atomic E-state index is 0.254. The van der Waals surface area contributed by atoms with Crippen molar-refractivity contribution < 1.29 is 9.18 Å². The van der Waals surface area contributed by atoms with E-state index < -0.39 is 11.4 Å². The van der Waals surface area contributed by atoms with Crippen molar-refractivity contribution in [3.05, 3.63) is 94.0 Å². The lowest BCUT2D eigenvalue weighted by molar-refractivity contribution is 0.0951. The Kier molecular flexibility index (Phi) is 5.39. The second kappa shape index (κ2) is 8.51. The number of H-pyrrole nitrogens is 1. The van der Waals surface area contributed by atoms with Crippen LogP contribution in [0.1, 0.15) is 15.9 Å². The average Bonchev–Trinajstić information content (AvgIpc) is 3.26. The second-order valence-electron chi connectivity index (χ2n) is 7.41. The van der Waals surface area contributed by atoms with E-state index in [2.05, 4.69) is 20.6 Å². The lowest BCUT2D eigenvalue weighted by Gasteiger charge is -2.08. The van der Waals surface area contributed by atoms with E-state index in [-0.39, 0.29) is 11.6 Å². The summed E-state index contributed by atoms with van der Waals surface area (Å²) in [5.41, 5.74) is 2.47. The van der Waals surface area contributed by atoms with Gasteiger partial charge in [0.25, 0.3) is 11.5 Å². The van der Waals surface area contributed by atoms with Gasteiger partial charge in [0.05, 0.1) is 10.9 Å². The largest absolute Gasteiger partial charge is 0.348 e. The number of hydrogen-bond donors (Lipinski definition) is 2. The predicted molar refractivity (Wildman–Crippen MR) is 126 cm³/mol. The summed E-state index contributed by atoms with van der Waals surface area (Å²) in [6.45, 7) is 0.380. The molecule has 2 aromatic heterocycles. The first-order valence-corrected chi connectivity index (χ1v) is 11.3. The summed E-state index contributed by atoms with van der Waals surface area (Å²) in [4.78, 5) is 30.7. The maximum atomic E-state index is 13.7. The molecular weight excluding hydrogens is 441 g/mol. The van der Waals surface area contributed by atoms with E-state index in [0.717, 1.165) is 10.5 Å². The van der Waals surface area contributed by atoms with Crippen LogP contribution in [0.3, 0.4) is 0 Å². The molecule has 0 aliphatic rings. The maximum Gasteiger partial charge on any atom is 0.281 e. The number of benzene rings is 3. The molecule has 0 aliphatic carbocycles. The number of nitrogens with one attached hydrogen (secondary N) is 2. The summed E-state index contributed by atoms with van der Waals surface area (Å²) in [6.07, 6.45) is 2.01. The first-order valence-electron chi connectivity index (χ1n) is 10.1. The Labute approximate surface area is 191 Å². The van der Waals surface area contributed by atoms with E-state index in [1.54, 1.807) is 42.1 Å². The van der Waals surface area contributed by atoms with Crippen molar-refractivity contribution in [2.24, 2.45) is 0 Å². The molecule has 0 atom stereocenters. The lowest BCUT2D eigenvalue weighted by Crippen LogP contribution is -2.23. The Balaban J connectivity index is 1.50. The Morgan fingerprint density at radius 3 is 2.70 bits per heavy atom. The third-order valence-corrected chi connectivity index (χ3v) is 6.08. The number of thioether (sulfide) groups is 1. The fourth-order valence-electron chi connectivity index (χ4n) is 3.63. The Morgan fingerprint density at radius 1 is 1.12 bits per heavy atom. The quantitative estimate of drug-likeness (QED) is 0.387. The zero-order valence-corrected chi connectivity index (χ0v) is 18.3. The van der Waals surface area contributed by atoms with Crippen molar-refractivity contribution in [2.45, 2.75) is 11.4 Å². The van der Waals surface area contributed by atoms with Gasteiger partial charge in [0.1, 0.15) is 11.5 Å². The summed E-state index contributed by atoms with van der Waals surface area (Å²) in [5, 5.41) is 10.3. The molecule has 5 rings (SSSR count). The molecule has 2 heterocycles. The van der Waals surface area contributed by atoms with Crippen LogP contribution in [0.5, 0.6) is 0 Å². The SMILES string of the molecule is CSc1ccc(CNC(=O)c2ccc3c(=O)nc4c(-c5cccc(F)c5)n[nH]n4c3c2)cc1. The molecular formula is C24H18FN5O2S. The van der Waals surface area contributed by atoms with E-state index in [1.165, 1.54) is 16.6 Å². The molecule has 0 saturated heterocycles. The third-order valence-electron chi connectivity index (χ3n) is 5.33. The van der Waals surface area contributed by atoms with Crippen LogP contribution < -0.4 is 10.9 Å². The second-order valence-corrected chi connectivity index (χ2v) is 8.29. The lowest BCUT2D eigenvalue weighted by atomic mass is 10.1. The van der Waals surface area contributed by atoms with Crippen molar-refractivity contribution in [3.63, 3.8) is 0 Å². The van der Waals surface area contributed by atoms with Crippen LogP contribution in [0, 0.1) is 5.82 Å². The minimum atomic E-state index is -0.454. The number of fused-ring (bicyclic) bond motifs is 3. The number of carbonyl (C=O) groups is 1. The van der Waals surface area contributed by atoms with Crippen LogP contribution >= 0.6 is 11.8 Å². The first kappa shape index (κ1) is 20.9. The van der Waals surface area contributed by atoms with Gasteiger partial charge >= 0.3 is 0 Å².